The summed E-state index contributed by atoms with van der Waals surface area (Å²) in [6.45, 7) is 0. The summed E-state index contributed by atoms with van der Waals surface area (Å²) in [6.07, 6.45) is 0.981. The van der Waals surface area contributed by atoms with Crippen molar-refractivity contribution in [1.29, 1.82) is 0 Å². The summed E-state index contributed by atoms with van der Waals surface area (Å²) in [6, 6.07) is 5.40. The Balaban J connectivity index is 2.52. The number of carbonyl (C=O) groups is 1. The average molecular weight is 295 g/mol. The predicted octanol–water partition coefficient (Wildman–Crippen LogP) is 0.735. The number of nitrogen functional groups attached to an aromatic ring is 1. The Morgan fingerprint density at radius 3 is 2.25 bits per heavy atom. The Kier molecular flexibility index (Phi) is 3.41. The summed E-state index contributed by atoms with van der Waals surface area (Å²) in [7, 11) is -3.88. The molecule has 104 valence electrons. The van der Waals surface area contributed by atoms with E-state index in [0.717, 1.165) is 36.5 Å². The van der Waals surface area contributed by atoms with E-state index < -0.39 is 21.6 Å². The number of anilines is 1. The third kappa shape index (κ3) is 2.45. The number of carbonyl (C=O) groups excluding carboxylic acids is 1. The lowest BCUT2D eigenvalue weighted by atomic mass is 10.3. The number of sulfone groups is 1. The van der Waals surface area contributed by atoms with E-state index in [9.17, 15) is 17.6 Å². The van der Waals surface area contributed by atoms with Crippen molar-refractivity contribution in [2.75, 3.05) is 5.73 Å². The van der Waals surface area contributed by atoms with E-state index in [1.54, 1.807) is 0 Å². The predicted molar refractivity (Wildman–Crippen MR) is 69.0 cm³/mol. The van der Waals surface area contributed by atoms with Crippen LogP contribution in [0.5, 0.6) is 0 Å². The molecule has 8 heteroatoms. The molecule has 1 heterocycles. The topological polar surface area (TPSA) is 116 Å². The van der Waals surface area contributed by atoms with Crippen LogP contribution in [-0.4, -0.2) is 19.3 Å². The summed E-state index contributed by atoms with van der Waals surface area (Å²) in [5.41, 5.74) is 10.2. The van der Waals surface area contributed by atoms with Crippen LogP contribution in [0.1, 0.15) is 10.5 Å². The van der Waals surface area contributed by atoms with Crippen LogP contribution in [0.4, 0.5) is 10.1 Å². The van der Waals surface area contributed by atoms with Crippen molar-refractivity contribution in [2.24, 2.45) is 5.73 Å². The SMILES string of the molecule is NC(=O)c1ncc(S(=O)(=O)c2ccc(F)cc2)cc1N. The van der Waals surface area contributed by atoms with Gasteiger partial charge in [0.1, 0.15) is 5.82 Å². The lowest BCUT2D eigenvalue weighted by Gasteiger charge is -2.06. The summed E-state index contributed by atoms with van der Waals surface area (Å²) >= 11 is 0. The molecule has 0 fully saturated rings. The molecule has 0 saturated carbocycles. The van der Waals surface area contributed by atoms with Crippen LogP contribution >= 0.6 is 0 Å². The number of amides is 1. The van der Waals surface area contributed by atoms with Crippen molar-refractivity contribution in [1.82, 2.24) is 4.98 Å². The van der Waals surface area contributed by atoms with Gasteiger partial charge in [0.2, 0.25) is 9.84 Å². The smallest absolute Gasteiger partial charge is 0.269 e. The van der Waals surface area contributed by atoms with Gasteiger partial charge in [-0.3, -0.25) is 4.79 Å². The summed E-state index contributed by atoms with van der Waals surface area (Å²) < 4.78 is 37.3. The second-order valence-electron chi connectivity index (χ2n) is 3.93. The van der Waals surface area contributed by atoms with Crippen molar-refractivity contribution in [3.63, 3.8) is 0 Å². The number of primary amides is 1. The van der Waals surface area contributed by atoms with Crippen LogP contribution in [-0.2, 0) is 9.84 Å². The molecule has 4 N–H and O–H groups in total. The third-order valence-electron chi connectivity index (χ3n) is 2.56. The third-order valence-corrected chi connectivity index (χ3v) is 4.30. The Morgan fingerprint density at radius 2 is 1.75 bits per heavy atom. The van der Waals surface area contributed by atoms with Crippen LogP contribution in [0, 0.1) is 5.82 Å². The van der Waals surface area contributed by atoms with E-state index in [2.05, 4.69) is 4.98 Å². The highest BCUT2D eigenvalue weighted by Gasteiger charge is 2.20. The number of nitrogens with zero attached hydrogens (tertiary/aromatic N) is 1. The zero-order valence-electron chi connectivity index (χ0n) is 10.1. The number of nitrogens with two attached hydrogens (primary N) is 2. The molecule has 2 aromatic rings. The van der Waals surface area contributed by atoms with E-state index in [4.69, 9.17) is 11.5 Å². The number of pyridine rings is 1. The van der Waals surface area contributed by atoms with E-state index in [1.807, 2.05) is 0 Å². The fraction of sp³-hybridized carbons (Fsp3) is 0. The van der Waals surface area contributed by atoms with Crippen molar-refractivity contribution in [2.45, 2.75) is 9.79 Å². The number of rotatable bonds is 3. The first-order valence-electron chi connectivity index (χ1n) is 5.38. The van der Waals surface area contributed by atoms with Crippen molar-refractivity contribution in [3.05, 3.63) is 48.0 Å². The lowest BCUT2D eigenvalue weighted by molar-refractivity contribution is 0.0996. The molecule has 6 nitrogen and oxygen atoms in total. The zero-order chi connectivity index (χ0) is 14.9. The van der Waals surface area contributed by atoms with Crippen molar-refractivity contribution in [3.8, 4) is 0 Å². The first kappa shape index (κ1) is 13.9. The van der Waals surface area contributed by atoms with Gasteiger partial charge >= 0.3 is 0 Å². The molecule has 1 aromatic carbocycles. The van der Waals surface area contributed by atoms with Gasteiger partial charge in [0, 0.05) is 6.20 Å². The van der Waals surface area contributed by atoms with Gasteiger partial charge in [-0.2, -0.15) is 0 Å². The first-order chi connectivity index (χ1) is 9.32. The molecule has 0 saturated heterocycles. The van der Waals surface area contributed by atoms with E-state index in [1.165, 1.54) is 0 Å². The molecule has 1 aromatic heterocycles. The van der Waals surface area contributed by atoms with Crippen LogP contribution in [0.25, 0.3) is 0 Å². The summed E-state index contributed by atoms with van der Waals surface area (Å²) in [4.78, 5) is 14.3. The quantitative estimate of drug-likeness (QED) is 0.810. The van der Waals surface area contributed by atoms with Crippen molar-refractivity contribution >= 4 is 21.4 Å². The highest BCUT2D eigenvalue weighted by molar-refractivity contribution is 7.91. The van der Waals surface area contributed by atoms with Gasteiger partial charge in [-0.05, 0) is 30.3 Å². The Labute approximate surface area is 114 Å². The van der Waals surface area contributed by atoms with E-state index in [-0.39, 0.29) is 21.2 Å². The first-order valence-corrected chi connectivity index (χ1v) is 6.86. The molecule has 0 spiro atoms. The molecule has 2 rings (SSSR count). The maximum atomic E-state index is 12.8. The normalized spacial score (nSPS) is 11.2. The highest BCUT2D eigenvalue weighted by atomic mass is 32.2. The number of hydrogen-bond donors (Lipinski definition) is 2. The molecule has 1 amide bonds. The molecule has 20 heavy (non-hydrogen) atoms. The molecule has 0 radical (unpaired) electrons. The fourth-order valence-corrected chi connectivity index (χ4v) is 2.80. The maximum Gasteiger partial charge on any atom is 0.269 e. The minimum Gasteiger partial charge on any atom is -0.397 e. The van der Waals surface area contributed by atoms with Gasteiger partial charge in [0.05, 0.1) is 15.5 Å². The second kappa shape index (κ2) is 4.89. The monoisotopic (exact) mass is 295 g/mol. The van der Waals surface area contributed by atoms with Gasteiger partial charge in [-0.15, -0.1) is 0 Å². The maximum absolute atomic E-state index is 12.8. The fourth-order valence-electron chi connectivity index (χ4n) is 1.56. The van der Waals surface area contributed by atoms with Gasteiger partial charge < -0.3 is 11.5 Å². The number of hydrogen-bond acceptors (Lipinski definition) is 5. The zero-order valence-corrected chi connectivity index (χ0v) is 10.9. The van der Waals surface area contributed by atoms with Gasteiger partial charge in [0.15, 0.2) is 5.69 Å². The summed E-state index contributed by atoms with van der Waals surface area (Å²) in [5.74, 6) is -1.40. The van der Waals surface area contributed by atoms with Crippen LogP contribution in [0.2, 0.25) is 0 Å². The minimum absolute atomic E-state index is 0.105. The molecule has 0 aliphatic carbocycles. The number of aromatic nitrogens is 1. The summed E-state index contributed by atoms with van der Waals surface area (Å²) in [5, 5.41) is 0. The number of benzene rings is 1. The largest absolute Gasteiger partial charge is 0.397 e. The Morgan fingerprint density at radius 1 is 1.15 bits per heavy atom. The molecule has 0 unspecified atom stereocenters. The highest BCUT2D eigenvalue weighted by Crippen LogP contribution is 2.23. The molecule has 0 atom stereocenters. The lowest BCUT2D eigenvalue weighted by Crippen LogP contribution is -2.16. The molecule has 0 aliphatic heterocycles. The molecule has 0 bridgehead atoms. The molecular weight excluding hydrogens is 285 g/mol. The molecule has 0 aliphatic rings. The van der Waals surface area contributed by atoms with Crippen molar-refractivity contribution < 1.29 is 17.6 Å². The van der Waals surface area contributed by atoms with Crippen LogP contribution in [0.15, 0.2) is 46.3 Å². The number of halogens is 1. The van der Waals surface area contributed by atoms with Gasteiger partial charge in [-0.1, -0.05) is 0 Å². The minimum atomic E-state index is -3.88. The Bertz CT molecular complexity index is 773. The standard InChI is InChI=1S/C12H10FN3O3S/c13-7-1-3-8(4-2-7)20(18,19)9-5-10(14)11(12(15)17)16-6-9/h1-6H,14H2,(H2,15,17). The Hall–Kier alpha value is -2.48. The van der Waals surface area contributed by atoms with Crippen LogP contribution in [0.3, 0.4) is 0 Å². The molecular formula is C12H10FN3O3S. The van der Waals surface area contributed by atoms with E-state index in [0.29, 0.717) is 0 Å². The average Bonchev–Trinajstić information content (AvgIpc) is 2.38. The second-order valence-corrected chi connectivity index (χ2v) is 5.88. The van der Waals surface area contributed by atoms with Gasteiger partial charge in [0.25, 0.3) is 5.91 Å². The van der Waals surface area contributed by atoms with Gasteiger partial charge in [-0.25, -0.2) is 17.8 Å². The van der Waals surface area contributed by atoms with Crippen LogP contribution < -0.4 is 11.5 Å². The van der Waals surface area contributed by atoms with E-state index >= 15 is 0 Å².